The lowest BCUT2D eigenvalue weighted by Gasteiger charge is -2.35. The van der Waals surface area contributed by atoms with Gasteiger partial charge in [-0.15, -0.1) is 0 Å². The van der Waals surface area contributed by atoms with Crippen LogP contribution in [0, 0.1) is 0 Å². The van der Waals surface area contributed by atoms with Crippen LogP contribution >= 0.6 is 11.6 Å². The molecule has 1 saturated heterocycles. The number of hydrogen-bond donors (Lipinski definition) is 2. The molecule has 178 valence electrons. The lowest BCUT2D eigenvalue weighted by Crippen LogP contribution is -2.49. The summed E-state index contributed by atoms with van der Waals surface area (Å²) in [6.07, 6.45) is 9.36. The van der Waals surface area contributed by atoms with Gasteiger partial charge < -0.3 is 15.5 Å². The molecule has 0 aromatic heterocycles. The van der Waals surface area contributed by atoms with Crippen LogP contribution in [-0.4, -0.2) is 58.7 Å². The van der Waals surface area contributed by atoms with E-state index in [1.165, 1.54) is 17.4 Å². The van der Waals surface area contributed by atoms with Crippen LogP contribution in [0.4, 0.5) is 10.5 Å². The smallest absolute Gasteiger partial charge is 0.327 e. The SMILES string of the molecule is CN1C(=O)N(CC(=O)Nc2ccc(Cl)c(C(=O)NC3CCCCC3)c2)C(=O)C12CCCCC2. The van der Waals surface area contributed by atoms with Crippen molar-refractivity contribution in [3.05, 3.63) is 28.8 Å². The Morgan fingerprint density at radius 1 is 1.06 bits per heavy atom. The van der Waals surface area contributed by atoms with Crippen LogP contribution < -0.4 is 10.6 Å². The second kappa shape index (κ2) is 9.71. The molecule has 9 heteroatoms. The molecule has 0 radical (unpaired) electrons. The molecular formula is C24H31ClN4O4. The van der Waals surface area contributed by atoms with Crippen LogP contribution in [0.2, 0.25) is 5.02 Å². The van der Waals surface area contributed by atoms with Gasteiger partial charge in [-0.25, -0.2) is 4.79 Å². The summed E-state index contributed by atoms with van der Waals surface area (Å²) in [5.74, 6) is -1.07. The summed E-state index contributed by atoms with van der Waals surface area (Å²) in [7, 11) is 1.64. The Labute approximate surface area is 199 Å². The number of carbonyl (C=O) groups is 4. The molecule has 2 aliphatic carbocycles. The Morgan fingerprint density at radius 2 is 1.73 bits per heavy atom. The maximum atomic E-state index is 13.1. The fourth-order valence-corrected chi connectivity index (χ4v) is 5.51. The van der Waals surface area contributed by atoms with Crippen LogP contribution in [0.3, 0.4) is 0 Å². The third-order valence-corrected chi connectivity index (χ3v) is 7.55. The Hall–Kier alpha value is -2.61. The average molecular weight is 475 g/mol. The van der Waals surface area contributed by atoms with Crippen LogP contribution in [0.1, 0.15) is 74.6 Å². The highest BCUT2D eigenvalue weighted by molar-refractivity contribution is 6.34. The van der Waals surface area contributed by atoms with Crippen molar-refractivity contribution in [2.75, 3.05) is 18.9 Å². The van der Waals surface area contributed by atoms with Crippen LogP contribution in [0.5, 0.6) is 0 Å². The number of rotatable bonds is 5. The molecule has 0 bridgehead atoms. The van der Waals surface area contributed by atoms with Gasteiger partial charge in [0, 0.05) is 18.8 Å². The predicted molar refractivity (Wildman–Crippen MR) is 125 cm³/mol. The van der Waals surface area contributed by atoms with E-state index in [4.69, 9.17) is 11.6 Å². The molecule has 1 aromatic rings. The van der Waals surface area contributed by atoms with E-state index in [-0.39, 0.29) is 30.0 Å². The molecule has 1 aliphatic heterocycles. The molecule has 1 spiro atoms. The van der Waals surface area contributed by atoms with E-state index < -0.39 is 17.5 Å². The molecule has 5 amide bonds. The molecule has 0 unspecified atom stereocenters. The van der Waals surface area contributed by atoms with Gasteiger partial charge in [-0.2, -0.15) is 0 Å². The highest BCUT2D eigenvalue weighted by atomic mass is 35.5. The third-order valence-electron chi connectivity index (χ3n) is 7.22. The van der Waals surface area contributed by atoms with Gasteiger partial charge in [0.2, 0.25) is 5.91 Å². The number of nitrogens with one attached hydrogen (secondary N) is 2. The van der Waals surface area contributed by atoms with Gasteiger partial charge in [-0.3, -0.25) is 19.3 Å². The molecule has 0 atom stereocenters. The number of likely N-dealkylation sites (N-methyl/N-ethyl adjacent to an activating group) is 1. The quantitative estimate of drug-likeness (QED) is 0.631. The molecule has 33 heavy (non-hydrogen) atoms. The Morgan fingerprint density at radius 3 is 2.42 bits per heavy atom. The van der Waals surface area contributed by atoms with Crippen molar-refractivity contribution in [1.82, 2.24) is 15.1 Å². The molecule has 1 heterocycles. The van der Waals surface area contributed by atoms with E-state index in [2.05, 4.69) is 10.6 Å². The van der Waals surface area contributed by atoms with Crippen LogP contribution in [0.25, 0.3) is 0 Å². The summed E-state index contributed by atoms with van der Waals surface area (Å²) >= 11 is 6.24. The van der Waals surface area contributed by atoms with Gasteiger partial charge in [-0.1, -0.05) is 50.1 Å². The van der Waals surface area contributed by atoms with Crippen LogP contribution in [-0.2, 0) is 9.59 Å². The molecule has 1 aromatic carbocycles. The van der Waals surface area contributed by atoms with Crippen molar-refractivity contribution in [3.63, 3.8) is 0 Å². The number of nitrogens with zero attached hydrogens (tertiary/aromatic N) is 2. The van der Waals surface area contributed by atoms with Crippen molar-refractivity contribution < 1.29 is 19.2 Å². The summed E-state index contributed by atoms with van der Waals surface area (Å²) in [6.45, 7) is -0.365. The number of amides is 5. The van der Waals surface area contributed by atoms with E-state index in [1.54, 1.807) is 19.2 Å². The first-order chi connectivity index (χ1) is 15.8. The first-order valence-electron chi connectivity index (χ1n) is 11.8. The van der Waals surface area contributed by atoms with E-state index in [1.807, 2.05) is 0 Å². The summed E-state index contributed by atoms with van der Waals surface area (Å²) in [5.41, 5.74) is -0.146. The van der Waals surface area contributed by atoms with Crippen molar-refractivity contribution in [3.8, 4) is 0 Å². The average Bonchev–Trinajstić information content (AvgIpc) is 2.97. The number of carbonyl (C=O) groups excluding carboxylic acids is 4. The van der Waals surface area contributed by atoms with Crippen molar-refractivity contribution in [2.45, 2.75) is 75.8 Å². The van der Waals surface area contributed by atoms with E-state index >= 15 is 0 Å². The summed E-state index contributed by atoms with van der Waals surface area (Å²) < 4.78 is 0. The fraction of sp³-hybridized carbons (Fsp3) is 0.583. The third kappa shape index (κ3) is 4.71. The highest BCUT2D eigenvalue weighted by Gasteiger charge is 2.55. The normalized spacial score (nSPS) is 20.9. The first-order valence-corrected chi connectivity index (χ1v) is 12.2. The molecule has 8 nitrogen and oxygen atoms in total. The number of halogens is 1. The van der Waals surface area contributed by atoms with Gasteiger partial charge in [0.15, 0.2) is 0 Å². The molecule has 2 N–H and O–H groups in total. The lowest BCUT2D eigenvalue weighted by atomic mass is 9.81. The fourth-order valence-electron chi connectivity index (χ4n) is 5.30. The number of anilines is 1. The zero-order valence-electron chi connectivity index (χ0n) is 19.0. The predicted octanol–water partition coefficient (Wildman–Crippen LogP) is 3.94. The second-order valence-corrected chi connectivity index (χ2v) is 9.78. The summed E-state index contributed by atoms with van der Waals surface area (Å²) in [4.78, 5) is 53.8. The standard InChI is InChI=1S/C24H31ClN4O4/c1-28-23(33)29(22(32)24(28)12-6-3-7-13-24)15-20(30)26-17-10-11-19(25)18(14-17)21(31)27-16-8-4-2-5-9-16/h10-11,14,16H,2-9,12-13,15H2,1H3,(H,26,30)(H,27,31). The van der Waals surface area contributed by atoms with Gasteiger partial charge in [-0.05, 0) is 43.9 Å². The monoisotopic (exact) mass is 474 g/mol. The minimum Gasteiger partial charge on any atom is -0.349 e. The summed E-state index contributed by atoms with van der Waals surface area (Å²) in [6, 6.07) is 4.38. The molecule has 2 saturated carbocycles. The minimum absolute atomic E-state index is 0.136. The van der Waals surface area contributed by atoms with E-state index in [0.29, 0.717) is 23.6 Å². The zero-order chi connectivity index (χ0) is 23.6. The van der Waals surface area contributed by atoms with E-state index in [0.717, 1.165) is 49.8 Å². The molecule has 3 aliphatic rings. The second-order valence-electron chi connectivity index (χ2n) is 9.38. The molecule has 4 rings (SSSR count). The van der Waals surface area contributed by atoms with Gasteiger partial charge >= 0.3 is 6.03 Å². The van der Waals surface area contributed by atoms with Gasteiger partial charge in [0.25, 0.3) is 11.8 Å². The maximum absolute atomic E-state index is 13.1. The lowest BCUT2D eigenvalue weighted by molar-refractivity contribution is -0.136. The highest BCUT2D eigenvalue weighted by Crippen LogP contribution is 2.39. The first kappa shape index (κ1) is 23.5. The van der Waals surface area contributed by atoms with Crippen molar-refractivity contribution >= 4 is 41.0 Å². The molecular weight excluding hydrogens is 444 g/mol. The topological polar surface area (TPSA) is 98.8 Å². The van der Waals surface area contributed by atoms with Gasteiger partial charge in [0.05, 0.1) is 10.6 Å². The largest absolute Gasteiger partial charge is 0.349 e. The van der Waals surface area contributed by atoms with Crippen molar-refractivity contribution in [1.29, 1.82) is 0 Å². The van der Waals surface area contributed by atoms with E-state index in [9.17, 15) is 19.2 Å². The number of imide groups is 1. The number of hydrogen-bond acceptors (Lipinski definition) is 4. The van der Waals surface area contributed by atoms with Crippen LogP contribution in [0.15, 0.2) is 18.2 Å². The number of urea groups is 1. The zero-order valence-corrected chi connectivity index (χ0v) is 19.7. The molecule has 3 fully saturated rings. The number of benzene rings is 1. The Bertz CT molecular complexity index is 954. The minimum atomic E-state index is -0.819. The van der Waals surface area contributed by atoms with Gasteiger partial charge in [0.1, 0.15) is 12.1 Å². The Kier molecular flexibility index (Phi) is 6.93. The maximum Gasteiger partial charge on any atom is 0.327 e. The summed E-state index contributed by atoms with van der Waals surface area (Å²) in [5, 5.41) is 6.02. The van der Waals surface area contributed by atoms with Crippen molar-refractivity contribution in [2.24, 2.45) is 0 Å². The Balaban J connectivity index is 1.41.